The van der Waals surface area contributed by atoms with Crippen molar-refractivity contribution in [1.82, 2.24) is 4.72 Å². The van der Waals surface area contributed by atoms with Gasteiger partial charge in [-0.05, 0) is 17.7 Å². The van der Waals surface area contributed by atoms with E-state index in [-0.39, 0.29) is 30.4 Å². The standard InChI is InChI=1S/C11H17NO5S/c1-16-6-5-12-18(14,15)11-4-3-9(8-13)7-10(11)17-2/h3-4,7,12-13H,5-6,8H2,1-2H3. The summed E-state index contributed by atoms with van der Waals surface area (Å²) in [6, 6.07) is 4.43. The lowest BCUT2D eigenvalue weighted by molar-refractivity contribution is 0.204. The van der Waals surface area contributed by atoms with E-state index in [2.05, 4.69) is 4.72 Å². The second-order valence-electron chi connectivity index (χ2n) is 3.53. The van der Waals surface area contributed by atoms with Crippen molar-refractivity contribution in [3.05, 3.63) is 23.8 Å². The average molecular weight is 275 g/mol. The lowest BCUT2D eigenvalue weighted by atomic mass is 10.2. The van der Waals surface area contributed by atoms with Crippen LogP contribution in [0.5, 0.6) is 5.75 Å². The molecule has 1 rings (SSSR count). The predicted octanol–water partition coefficient (Wildman–Crippen LogP) is 0.112. The Morgan fingerprint density at radius 1 is 1.33 bits per heavy atom. The third-order valence-electron chi connectivity index (χ3n) is 2.30. The second-order valence-corrected chi connectivity index (χ2v) is 5.27. The fraction of sp³-hybridized carbons (Fsp3) is 0.455. The number of benzene rings is 1. The molecule has 0 amide bonds. The fourth-order valence-electron chi connectivity index (χ4n) is 1.39. The first-order valence-electron chi connectivity index (χ1n) is 5.31. The molecule has 1 aromatic carbocycles. The topological polar surface area (TPSA) is 84.9 Å². The molecular formula is C11H17NO5S. The van der Waals surface area contributed by atoms with Crippen molar-refractivity contribution in [2.75, 3.05) is 27.4 Å². The maximum absolute atomic E-state index is 12.0. The van der Waals surface area contributed by atoms with Crippen LogP contribution in [-0.2, 0) is 21.4 Å². The summed E-state index contributed by atoms with van der Waals surface area (Å²) in [7, 11) is -0.766. The Labute approximate surface area is 107 Å². The van der Waals surface area contributed by atoms with Crippen LogP contribution in [0.15, 0.2) is 23.1 Å². The second kappa shape index (κ2) is 6.69. The molecule has 18 heavy (non-hydrogen) atoms. The number of ether oxygens (including phenoxy) is 2. The van der Waals surface area contributed by atoms with Gasteiger partial charge in [0, 0.05) is 13.7 Å². The van der Waals surface area contributed by atoms with Crippen molar-refractivity contribution in [2.24, 2.45) is 0 Å². The highest BCUT2D eigenvalue weighted by molar-refractivity contribution is 7.89. The fourth-order valence-corrected chi connectivity index (χ4v) is 2.55. The van der Waals surface area contributed by atoms with E-state index in [1.807, 2.05) is 0 Å². The van der Waals surface area contributed by atoms with Crippen molar-refractivity contribution < 1.29 is 23.0 Å². The molecule has 6 nitrogen and oxygen atoms in total. The molecule has 0 aromatic heterocycles. The molecule has 0 fully saturated rings. The lowest BCUT2D eigenvalue weighted by Crippen LogP contribution is -2.27. The van der Waals surface area contributed by atoms with Crippen LogP contribution in [0.25, 0.3) is 0 Å². The lowest BCUT2D eigenvalue weighted by Gasteiger charge is -2.11. The summed E-state index contributed by atoms with van der Waals surface area (Å²) in [6.07, 6.45) is 0. The molecule has 0 bridgehead atoms. The number of rotatable bonds is 7. The highest BCUT2D eigenvalue weighted by Gasteiger charge is 2.19. The Morgan fingerprint density at radius 3 is 2.61 bits per heavy atom. The van der Waals surface area contributed by atoms with E-state index in [4.69, 9.17) is 14.6 Å². The zero-order valence-electron chi connectivity index (χ0n) is 10.3. The van der Waals surface area contributed by atoms with Gasteiger partial charge in [-0.15, -0.1) is 0 Å². The van der Waals surface area contributed by atoms with Crippen LogP contribution in [0, 0.1) is 0 Å². The van der Waals surface area contributed by atoms with Gasteiger partial charge in [0.15, 0.2) is 0 Å². The van der Waals surface area contributed by atoms with Crippen molar-refractivity contribution in [3.63, 3.8) is 0 Å². The molecule has 0 aliphatic carbocycles. The molecule has 0 aliphatic heterocycles. The maximum atomic E-state index is 12.0. The summed E-state index contributed by atoms with van der Waals surface area (Å²) >= 11 is 0. The summed E-state index contributed by atoms with van der Waals surface area (Å²) in [5.74, 6) is 0.200. The summed E-state index contributed by atoms with van der Waals surface area (Å²) in [6.45, 7) is 0.299. The largest absolute Gasteiger partial charge is 0.495 e. The maximum Gasteiger partial charge on any atom is 0.244 e. The Hall–Kier alpha value is -1.15. The van der Waals surface area contributed by atoms with Crippen LogP contribution >= 0.6 is 0 Å². The van der Waals surface area contributed by atoms with Crippen LogP contribution in [0.2, 0.25) is 0 Å². The number of aliphatic hydroxyl groups excluding tert-OH is 1. The number of nitrogens with one attached hydrogen (secondary N) is 1. The highest BCUT2D eigenvalue weighted by Crippen LogP contribution is 2.24. The van der Waals surface area contributed by atoms with Crippen LogP contribution in [0.4, 0.5) is 0 Å². The molecular weight excluding hydrogens is 258 g/mol. The first-order chi connectivity index (χ1) is 8.55. The third-order valence-corrected chi connectivity index (χ3v) is 3.80. The smallest absolute Gasteiger partial charge is 0.244 e. The minimum absolute atomic E-state index is 0.0401. The van der Waals surface area contributed by atoms with E-state index in [9.17, 15) is 8.42 Å². The van der Waals surface area contributed by atoms with E-state index in [1.54, 1.807) is 0 Å². The minimum Gasteiger partial charge on any atom is -0.495 e. The zero-order valence-corrected chi connectivity index (χ0v) is 11.2. The van der Waals surface area contributed by atoms with Gasteiger partial charge < -0.3 is 14.6 Å². The van der Waals surface area contributed by atoms with Gasteiger partial charge >= 0.3 is 0 Å². The summed E-state index contributed by atoms with van der Waals surface area (Å²) < 4.78 is 36.1. The Kier molecular flexibility index (Phi) is 5.54. The highest BCUT2D eigenvalue weighted by atomic mass is 32.2. The van der Waals surface area contributed by atoms with Gasteiger partial charge in [-0.3, -0.25) is 0 Å². The van der Waals surface area contributed by atoms with E-state index in [1.165, 1.54) is 32.4 Å². The number of hydrogen-bond acceptors (Lipinski definition) is 5. The van der Waals surface area contributed by atoms with Gasteiger partial charge in [-0.1, -0.05) is 6.07 Å². The monoisotopic (exact) mass is 275 g/mol. The molecule has 0 radical (unpaired) electrons. The van der Waals surface area contributed by atoms with Gasteiger partial charge in [0.2, 0.25) is 10.0 Å². The molecule has 0 saturated carbocycles. The number of aliphatic hydroxyl groups is 1. The Morgan fingerprint density at radius 2 is 2.06 bits per heavy atom. The van der Waals surface area contributed by atoms with E-state index in [0.29, 0.717) is 5.56 Å². The molecule has 1 aromatic rings. The van der Waals surface area contributed by atoms with E-state index in [0.717, 1.165) is 0 Å². The predicted molar refractivity (Wildman–Crippen MR) is 66.0 cm³/mol. The molecule has 0 saturated heterocycles. The number of hydrogen-bond donors (Lipinski definition) is 2. The third kappa shape index (κ3) is 3.67. The Balaban J connectivity index is 3.00. The van der Waals surface area contributed by atoms with E-state index < -0.39 is 10.0 Å². The van der Waals surface area contributed by atoms with Crippen molar-refractivity contribution in [2.45, 2.75) is 11.5 Å². The molecule has 0 aliphatic rings. The van der Waals surface area contributed by atoms with Crippen molar-refractivity contribution in [1.29, 1.82) is 0 Å². The first kappa shape index (κ1) is 14.9. The van der Waals surface area contributed by atoms with Gasteiger partial charge in [0.25, 0.3) is 0 Å². The summed E-state index contributed by atoms with van der Waals surface area (Å²) in [5, 5.41) is 8.99. The molecule has 2 N–H and O–H groups in total. The van der Waals surface area contributed by atoms with Crippen molar-refractivity contribution in [3.8, 4) is 5.75 Å². The molecule has 0 heterocycles. The van der Waals surface area contributed by atoms with Crippen LogP contribution in [0.3, 0.4) is 0 Å². The van der Waals surface area contributed by atoms with E-state index >= 15 is 0 Å². The van der Waals surface area contributed by atoms with Gasteiger partial charge in [-0.2, -0.15) is 0 Å². The Bertz CT molecular complexity index is 486. The van der Waals surface area contributed by atoms with Crippen molar-refractivity contribution >= 4 is 10.0 Å². The number of methoxy groups -OCH3 is 2. The normalized spacial score (nSPS) is 11.5. The van der Waals surface area contributed by atoms with Crippen LogP contribution < -0.4 is 9.46 Å². The van der Waals surface area contributed by atoms with Gasteiger partial charge in [0.05, 0.1) is 20.3 Å². The van der Waals surface area contributed by atoms with Crippen LogP contribution in [-0.4, -0.2) is 40.9 Å². The number of sulfonamides is 1. The average Bonchev–Trinajstić information content (AvgIpc) is 2.38. The molecule has 0 atom stereocenters. The molecule has 102 valence electrons. The summed E-state index contributed by atoms with van der Waals surface area (Å²) in [4.78, 5) is 0.0401. The first-order valence-corrected chi connectivity index (χ1v) is 6.80. The molecule has 0 spiro atoms. The molecule has 7 heteroatoms. The molecule has 0 unspecified atom stereocenters. The summed E-state index contributed by atoms with van der Waals surface area (Å²) in [5.41, 5.74) is 0.586. The quantitative estimate of drug-likeness (QED) is 0.690. The SMILES string of the molecule is COCCNS(=O)(=O)c1ccc(CO)cc1OC. The van der Waals surface area contributed by atoms with Gasteiger partial charge in [-0.25, -0.2) is 13.1 Å². The van der Waals surface area contributed by atoms with Crippen LogP contribution in [0.1, 0.15) is 5.56 Å². The minimum atomic E-state index is -3.64. The van der Waals surface area contributed by atoms with Gasteiger partial charge in [0.1, 0.15) is 10.6 Å². The zero-order chi connectivity index (χ0) is 13.6.